The molecule has 1 saturated heterocycles. The maximum atomic E-state index is 11.9. The SMILES string of the molecule is O=P(O)(O)CP(=O)(O)OC[C@H]1OC(c2cnc3c(NC4CC5CC[C@H]4C5)nc(Cl)nn23)[C@H](O)[C@@H]1O. The van der Waals surface area contributed by atoms with Crippen molar-refractivity contribution in [1.82, 2.24) is 19.6 Å². The summed E-state index contributed by atoms with van der Waals surface area (Å²) in [4.78, 5) is 36.1. The zero-order valence-electron chi connectivity index (χ0n) is 18.3. The highest BCUT2D eigenvalue weighted by atomic mass is 35.5. The van der Waals surface area contributed by atoms with Crippen LogP contribution >= 0.6 is 26.8 Å². The average Bonchev–Trinajstić information content (AvgIpc) is 3.51. The van der Waals surface area contributed by atoms with Gasteiger partial charge in [0.05, 0.1) is 18.5 Å². The first-order valence-electron chi connectivity index (χ1n) is 11.1. The Labute approximate surface area is 204 Å². The highest BCUT2D eigenvalue weighted by Crippen LogP contribution is 2.55. The van der Waals surface area contributed by atoms with Gasteiger partial charge in [0.15, 0.2) is 17.4 Å². The van der Waals surface area contributed by atoms with Gasteiger partial charge in [-0.25, -0.2) is 9.50 Å². The van der Waals surface area contributed by atoms with Gasteiger partial charge < -0.3 is 39.5 Å². The number of aromatic nitrogens is 4. The Morgan fingerprint density at radius 3 is 2.63 bits per heavy atom. The summed E-state index contributed by atoms with van der Waals surface area (Å²) in [5, 5.41) is 28.5. The number of rotatable bonds is 8. The molecule has 0 amide bonds. The van der Waals surface area contributed by atoms with Gasteiger partial charge in [-0.2, -0.15) is 4.98 Å². The van der Waals surface area contributed by atoms with E-state index in [2.05, 4.69) is 20.4 Å². The molecule has 2 aromatic heterocycles. The third-order valence-corrected chi connectivity index (χ3v) is 10.5. The van der Waals surface area contributed by atoms with Gasteiger partial charge in [0, 0.05) is 6.04 Å². The van der Waals surface area contributed by atoms with Gasteiger partial charge in [-0.15, -0.1) is 5.10 Å². The van der Waals surface area contributed by atoms with Gasteiger partial charge in [-0.05, 0) is 42.7 Å². The summed E-state index contributed by atoms with van der Waals surface area (Å²) < 4.78 is 34.7. The standard InChI is InChI=1S/C18H26ClN5O9P2/c19-18-22-16(21-10-4-8-1-2-9(10)3-8)17-20-5-11(24(17)23-18)15-14(26)13(25)12(33-15)6-32-35(30,31)7-34(27,28)29/h5,8-10,12-15,25-26H,1-4,6-7H2,(H,30,31)(H,21,22,23)(H2,27,28,29)/t8?,9-,10?,12+,13+,14+,15?/m0/s1. The number of aliphatic hydroxyl groups is 2. The summed E-state index contributed by atoms with van der Waals surface area (Å²) in [6, 6.07) is 0.252. The molecule has 5 rings (SSSR count). The van der Waals surface area contributed by atoms with Crippen molar-refractivity contribution in [3.05, 3.63) is 17.2 Å². The van der Waals surface area contributed by atoms with Crippen molar-refractivity contribution in [2.75, 3.05) is 17.8 Å². The molecule has 0 radical (unpaired) electrons. The van der Waals surface area contributed by atoms with Crippen LogP contribution in [0.5, 0.6) is 0 Å². The van der Waals surface area contributed by atoms with E-state index < -0.39 is 52.1 Å². The fourth-order valence-corrected chi connectivity index (χ4v) is 8.08. The lowest BCUT2D eigenvalue weighted by Crippen LogP contribution is -2.33. The molecule has 2 aliphatic carbocycles. The van der Waals surface area contributed by atoms with Crippen LogP contribution in [0.15, 0.2) is 6.20 Å². The zero-order valence-corrected chi connectivity index (χ0v) is 20.8. The minimum absolute atomic E-state index is 0.0611. The van der Waals surface area contributed by atoms with E-state index in [1.807, 2.05) is 0 Å². The number of hydrogen-bond acceptors (Lipinski definition) is 10. The Balaban J connectivity index is 1.34. The van der Waals surface area contributed by atoms with E-state index in [9.17, 15) is 24.2 Å². The third kappa shape index (κ3) is 5.28. The summed E-state index contributed by atoms with van der Waals surface area (Å²) in [6.07, 6.45) is 0.633. The minimum atomic E-state index is -4.81. The number of hydrogen-bond donors (Lipinski definition) is 6. The number of aliphatic hydroxyl groups excluding tert-OH is 2. The molecule has 3 aliphatic rings. The molecule has 4 unspecified atom stereocenters. The number of imidazole rings is 1. The summed E-state index contributed by atoms with van der Waals surface area (Å²) in [7, 11) is -9.48. The number of anilines is 1. The highest BCUT2D eigenvalue weighted by molar-refractivity contribution is 7.70. The second-order valence-electron chi connectivity index (χ2n) is 9.39. The van der Waals surface area contributed by atoms with Crippen LogP contribution in [-0.4, -0.2) is 81.3 Å². The number of ether oxygens (including phenoxy) is 1. The molecule has 35 heavy (non-hydrogen) atoms. The second-order valence-corrected chi connectivity index (χ2v) is 13.7. The van der Waals surface area contributed by atoms with E-state index in [0.29, 0.717) is 23.3 Å². The lowest BCUT2D eigenvalue weighted by atomic mass is 9.95. The molecular formula is C18H26ClN5O9P2. The lowest BCUT2D eigenvalue weighted by Gasteiger charge is -2.23. The van der Waals surface area contributed by atoms with E-state index in [0.717, 1.165) is 12.8 Å². The van der Waals surface area contributed by atoms with Crippen LogP contribution in [0.4, 0.5) is 5.82 Å². The molecule has 0 spiro atoms. The zero-order chi connectivity index (χ0) is 25.1. The number of fused-ring (bicyclic) bond motifs is 3. The van der Waals surface area contributed by atoms with Crippen LogP contribution < -0.4 is 5.32 Å². The van der Waals surface area contributed by atoms with E-state index in [1.54, 1.807) is 0 Å². The maximum Gasteiger partial charge on any atom is 0.340 e. The van der Waals surface area contributed by atoms with Crippen molar-refractivity contribution < 1.29 is 43.3 Å². The molecule has 8 atom stereocenters. The molecule has 2 saturated carbocycles. The van der Waals surface area contributed by atoms with Crippen molar-refractivity contribution in [1.29, 1.82) is 0 Å². The van der Waals surface area contributed by atoms with Gasteiger partial charge in [0.25, 0.3) is 0 Å². The Hall–Kier alpha value is -1.18. The molecule has 194 valence electrons. The van der Waals surface area contributed by atoms with Gasteiger partial charge in [-0.1, -0.05) is 6.42 Å². The van der Waals surface area contributed by atoms with E-state index in [-0.39, 0.29) is 17.0 Å². The van der Waals surface area contributed by atoms with Crippen LogP contribution in [0.3, 0.4) is 0 Å². The number of nitrogens with zero attached hydrogens (tertiary/aromatic N) is 4. The Kier molecular flexibility index (Phi) is 6.76. The molecule has 1 aliphatic heterocycles. The fraction of sp³-hybridized carbons (Fsp3) is 0.722. The normalized spacial score (nSPS) is 34.5. The average molecular weight is 554 g/mol. The molecule has 0 aromatic carbocycles. The molecule has 3 heterocycles. The van der Waals surface area contributed by atoms with Crippen LogP contribution in [-0.2, 0) is 18.4 Å². The highest BCUT2D eigenvalue weighted by Gasteiger charge is 2.46. The Bertz CT molecular complexity index is 1210. The summed E-state index contributed by atoms with van der Waals surface area (Å²) in [5.74, 6) is 0.336. The van der Waals surface area contributed by atoms with Crippen LogP contribution in [0.25, 0.3) is 5.65 Å². The maximum absolute atomic E-state index is 11.9. The van der Waals surface area contributed by atoms with E-state index >= 15 is 0 Å². The fourth-order valence-electron chi connectivity index (χ4n) is 5.35. The van der Waals surface area contributed by atoms with Crippen LogP contribution in [0.2, 0.25) is 5.28 Å². The quantitative estimate of drug-likeness (QED) is 0.251. The number of nitrogens with one attached hydrogen (secondary N) is 1. The van der Waals surface area contributed by atoms with Gasteiger partial charge in [-0.3, -0.25) is 9.13 Å². The molecule has 2 bridgehead atoms. The topological polar surface area (TPSA) is 209 Å². The summed E-state index contributed by atoms with van der Waals surface area (Å²) >= 11 is 6.16. The van der Waals surface area contributed by atoms with Crippen molar-refractivity contribution in [3.63, 3.8) is 0 Å². The largest absolute Gasteiger partial charge is 0.387 e. The first kappa shape index (κ1) is 25.5. The van der Waals surface area contributed by atoms with Crippen LogP contribution in [0, 0.1) is 11.8 Å². The Morgan fingerprint density at radius 1 is 1.20 bits per heavy atom. The minimum Gasteiger partial charge on any atom is -0.387 e. The van der Waals surface area contributed by atoms with Gasteiger partial charge >= 0.3 is 15.2 Å². The lowest BCUT2D eigenvalue weighted by molar-refractivity contribution is -0.0204. The number of halogens is 1. The third-order valence-electron chi connectivity index (χ3n) is 6.88. The molecule has 2 aromatic rings. The molecular weight excluding hydrogens is 528 g/mol. The molecule has 3 fully saturated rings. The van der Waals surface area contributed by atoms with Gasteiger partial charge in [0.2, 0.25) is 5.28 Å². The summed E-state index contributed by atoms with van der Waals surface area (Å²) in [5.41, 5.74) is 0.621. The first-order chi connectivity index (χ1) is 16.4. The van der Waals surface area contributed by atoms with Crippen molar-refractivity contribution in [2.24, 2.45) is 11.8 Å². The van der Waals surface area contributed by atoms with Gasteiger partial charge in [0.1, 0.15) is 24.4 Å². The molecule has 14 nitrogen and oxygen atoms in total. The summed E-state index contributed by atoms with van der Waals surface area (Å²) in [6.45, 7) is -0.688. The van der Waals surface area contributed by atoms with Crippen molar-refractivity contribution in [3.8, 4) is 0 Å². The van der Waals surface area contributed by atoms with E-state index in [1.165, 1.54) is 23.6 Å². The van der Waals surface area contributed by atoms with Crippen molar-refractivity contribution in [2.45, 2.75) is 56.1 Å². The molecule has 17 heteroatoms. The van der Waals surface area contributed by atoms with Crippen molar-refractivity contribution >= 4 is 38.3 Å². The monoisotopic (exact) mass is 553 g/mol. The smallest absolute Gasteiger partial charge is 0.340 e. The molecule has 6 N–H and O–H groups in total. The van der Waals surface area contributed by atoms with E-state index in [4.69, 9.17) is 30.6 Å². The predicted molar refractivity (Wildman–Crippen MR) is 121 cm³/mol. The second kappa shape index (κ2) is 9.29. The first-order valence-corrected chi connectivity index (χ1v) is 15.0. The van der Waals surface area contributed by atoms with Crippen LogP contribution in [0.1, 0.15) is 37.5 Å². The predicted octanol–water partition coefficient (Wildman–Crippen LogP) is 0.877. The Morgan fingerprint density at radius 2 is 1.97 bits per heavy atom.